The number of hydrogen-bond acceptors (Lipinski definition) is 3. The van der Waals surface area contributed by atoms with Gasteiger partial charge in [-0.2, -0.15) is 0 Å². The van der Waals surface area contributed by atoms with Crippen LogP contribution in [0.15, 0.2) is 48.5 Å². The van der Waals surface area contributed by atoms with Crippen molar-refractivity contribution in [3.8, 4) is 5.75 Å². The van der Waals surface area contributed by atoms with Gasteiger partial charge in [-0.05, 0) is 36.6 Å². The van der Waals surface area contributed by atoms with Crippen LogP contribution in [0.1, 0.15) is 18.4 Å². The van der Waals surface area contributed by atoms with Crippen molar-refractivity contribution in [1.29, 1.82) is 0 Å². The maximum Gasteiger partial charge on any atom is 0.134 e. The normalized spacial score (nSPS) is 17.9. The van der Waals surface area contributed by atoms with E-state index in [1.165, 1.54) is 18.5 Å². The first-order valence-corrected chi connectivity index (χ1v) is 8.12. The van der Waals surface area contributed by atoms with Gasteiger partial charge in [0.25, 0.3) is 0 Å². The van der Waals surface area contributed by atoms with E-state index >= 15 is 0 Å². The number of benzene rings is 2. The predicted octanol–water partition coefficient (Wildman–Crippen LogP) is 3.80. The second-order valence-electron chi connectivity index (χ2n) is 5.71. The molecule has 2 N–H and O–H groups in total. The molecule has 0 radical (unpaired) electrons. The van der Waals surface area contributed by atoms with Crippen LogP contribution >= 0.6 is 11.6 Å². The van der Waals surface area contributed by atoms with Crippen LogP contribution in [-0.4, -0.2) is 24.2 Å². The fourth-order valence-electron chi connectivity index (χ4n) is 3.08. The van der Waals surface area contributed by atoms with E-state index in [0.29, 0.717) is 17.6 Å². The molecule has 1 saturated heterocycles. The van der Waals surface area contributed by atoms with Gasteiger partial charge in [-0.1, -0.05) is 41.9 Å². The van der Waals surface area contributed by atoms with Gasteiger partial charge in [-0.3, -0.25) is 0 Å². The van der Waals surface area contributed by atoms with Crippen molar-refractivity contribution in [2.45, 2.75) is 25.4 Å². The van der Waals surface area contributed by atoms with Crippen molar-refractivity contribution < 1.29 is 5.11 Å². The van der Waals surface area contributed by atoms with Crippen molar-refractivity contribution in [3.63, 3.8) is 0 Å². The van der Waals surface area contributed by atoms with Gasteiger partial charge in [0.15, 0.2) is 0 Å². The van der Waals surface area contributed by atoms with Crippen LogP contribution in [0.3, 0.4) is 0 Å². The summed E-state index contributed by atoms with van der Waals surface area (Å²) in [6.45, 7) is 2.70. The molecule has 1 fully saturated rings. The summed E-state index contributed by atoms with van der Waals surface area (Å²) in [5.74, 6) is 0.146. The zero-order valence-corrected chi connectivity index (χ0v) is 13.3. The number of hydrogen-bond donors (Lipinski definition) is 2. The van der Waals surface area contributed by atoms with Gasteiger partial charge in [0.2, 0.25) is 0 Å². The Balaban J connectivity index is 1.58. The number of nitrogens with one attached hydrogen (secondary N) is 1. The van der Waals surface area contributed by atoms with Gasteiger partial charge in [0, 0.05) is 31.4 Å². The average molecular weight is 317 g/mol. The molecule has 3 rings (SSSR count). The standard InChI is InChI=1S/C18H21ClN2O/c19-18-14(6-4-10-17(18)22)12-20-13-16-9-5-11-21(16)15-7-2-1-3-8-15/h1-4,6-8,10,16,20,22H,5,9,11-13H2/t16-/m1/s1. The van der Waals surface area contributed by atoms with E-state index in [0.717, 1.165) is 18.7 Å². The third-order valence-electron chi connectivity index (χ3n) is 4.22. The minimum atomic E-state index is 0.146. The lowest BCUT2D eigenvalue weighted by Gasteiger charge is -2.27. The summed E-state index contributed by atoms with van der Waals surface area (Å²) in [5.41, 5.74) is 2.23. The number of halogens is 1. The Labute approximate surface area is 136 Å². The summed E-state index contributed by atoms with van der Waals surface area (Å²) in [5, 5.41) is 13.6. The third-order valence-corrected chi connectivity index (χ3v) is 4.66. The number of nitrogens with zero attached hydrogens (tertiary/aromatic N) is 1. The van der Waals surface area contributed by atoms with Crippen LogP contribution in [0.5, 0.6) is 5.75 Å². The summed E-state index contributed by atoms with van der Waals surface area (Å²) in [6, 6.07) is 16.5. The summed E-state index contributed by atoms with van der Waals surface area (Å²) in [4.78, 5) is 2.47. The molecule has 0 aromatic heterocycles. The van der Waals surface area contributed by atoms with E-state index in [4.69, 9.17) is 11.6 Å². The Bertz CT molecular complexity index is 618. The SMILES string of the molecule is Oc1cccc(CNC[C@H]2CCCN2c2ccccc2)c1Cl. The van der Waals surface area contributed by atoms with E-state index in [9.17, 15) is 5.11 Å². The molecule has 0 unspecified atom stereocenters. The minimum absolute atomic E-state index is 0.146. The highest BCUT2D eigenvalue weighted by Gasteiger charge is 2.24. The molecule has 0 aliphatic carbocycles. The number of rotatable bonds is 5. The Hall–Kier alpha value is -1.71. The van der Waals surface area contributed by atoms with Crippen LogP contribution in [0, 0.1) is 0 Å². The van der Waals surface area contributed by atoms with Crippen molar-refractivity contribution >= 4 is 17.3 Å². The molecule has 0 saturated carbocycles. The van der Waals surface area contributed by atoms with Crippen LogP contribution in [0.2, 0.25) is 5.02 Å². The molecule has 1 aliphatic heterocycles. The van der Waals surface area contributed by atoms with E-state index < -0.39 is 0 Å². The summed E-state index contributed by atoms with van der Waals surface area (Å²) >= 11 is 6.11. The Morgan fingerprint density at radius 3 is 2.77 bits per heavy atom. The molecule has 116 valence electrons. The topological polar surface area (TPSA) is 35.5 Å². The fraction of sp³-hybridized carbons (Fsp3) is 0.333. The first kappa shape index (κ1) is 15.2. The summed E-state index contributed by atoms with van der Waals surface area (Å²) in [6.07, 6.45) is 2.43. The molecule has 1 aliphatic rings. The molecule has 3 nitrogen and oxygen atoms in total. The molecule has 2 aromatic carbocycles. The summed E-state index contributed by atoms with van der Waals surface area (Å²) in [7, 11) is 0. The smallest absolute Gasteiger partial charge is 0.134 e. The monoisotopic (exact) mass is 316 g/mol. The van der Waals surface area contributed by atoms with Gasteiger partial charge >= 0.3 is 0 Å². The number of phenolic OH excluding ortho intramolecular Hbond substituents is 1. The average Bonchev–Trinajstić information content (AvgIpc) is 3.01. The van der Waals surface area contributed by atoms with Crippen LogP contribution in [0.25, 0.3) is 0 Å². The molecule has 0 bridgehead atoms. The summed E-state index contributed by atoms with van der Waals surface area (Å²) < 4.78 is 0. The Kier molecular flexibility index (Phi) is 4.86. The van der Waals surface area contributed by atoms with Crippen molar-refractivity contribution in [1.82, 2.24) is 5.32 Å². The lowest BCUT2D eigenvalue weighted by molar-refractivity contribution is 0.474. The molecule has 1 heterocycles. The second kappa shape index (κ2) is 7.03. The number of phenols is 1. The molecule has 22 heavy (non-hydrogen) atoms. The zero-order valence-electron chi connectivity index (χ0n) is 12.5. The molecule has 0 amide bonds. The lowest BCUT2D eigenvalue weighted by Crippen LogP contribution is -2.37. The molecule has 4 heteroatoms. The number of anilines is 1. The number of aromatic hydroxyl groups is 1. The highest BCUT2D eigenvalue weighted by Crippen LogP contribution is 2.27. The van der Waals surface area contributed by atoms with Gasteiger partial charge < -0.3 is 15.3 Å². The number of para-hydroxylation sites is 1. The molecule has 0 spiro atoms. The highest BCUT2D eigenvalue weighted by molar-refractivity contribution is 6.32. The van der Waals surface area contributed by atoms with E-state index in [1.54, 1.807) is 6.07 Å². The molecular weight excluding hydrogens is 296 g/mol. The highest BCUT2D eigenvalue weighted by atomic mass is 35.5. The van der Waals surface area contributed by atoms with E-state index in [-0.39, 0.29) is 5.75 Å². The minimum Gasteiger partial charge on any atom is -0.506 e. The maximum absolute atomic E-state index is 9.63. The van der Waals surface area contributed by atoms with E-state index in [1.807, 2.05) is 12.1 Å². The zero-order chi connectivity index (χ0) is 15.4. The van der Waals surface area contributed by atoms with E-state index in [2.05, 4.69) is 40.5 Å². The third kappa shape index (κ3) is 3.37. The van der Waals surface area contributed by atoms with Crippen LogP contribution in [0.4, 0.5) is 5.69 Å². The Morgan fingerprint density at radius 1 is 1.14 bits per heavy atom. The fourth-order valence-corrected chi connectivity index (χ4v) is 3.28. The van der Waals surface area contributed by atoms with Crippen LogP contribution < -0.4 is 10.2 Å². The first-order chi connectivity index (χ1) is 10.8. The van der Waals surface area contributed by atoms with Gasteiger partial charge in [0.1, 0.15) is 5.75 Å². The second-order valence-corrected chi connectivity index (χ2v) is 6.08. The van der Waals surface area contributed by atoms with Gasteiger partial charge in [-0.25, -0.2) is 0 Å². The molecule has 1 atom stereocenters. The Morgan fingerprint density at radius 2 is 1.95 bits per heavy atom. The van der Waals surface area contributed by atoms with Crippen molar-refractivity contribution in [3.05, 3.63) is 59.1 Å². The largest absolute Gasteiger partial charge is 0.506 e. The van der Waals surface area contributed by atoms with Crippen molar-refractivity contribution in [2.75, 3.05) is 18.0 Å². The van der Waals surface area contributed by atoms with Crippen molar-refractivity contribution in [2.24, 2.45) is 0 Å². The maximum atomic E-state index is 9.63. The van der Waals surface area contributed by atoms with Crippen LogP contribution in [-0.2, 0) is 6.54 Å². The first-order valence-electron chi connectivity index (χ1n) is 7.74. The molecule has 2 aromatic rings. The molecular formula is C18H21ClN2O. The lowest BCUT2D eigenvalue weighted by atomic mass is 10.1. The quantitative estimate of drug-likeness (QED) is 0.880. The van der Waals surface area contributed by atoms with Gasteiger partial charge in [-0.15, -0.1) is 0 Å². The predicted molar refractivity (Wildman–Crippen MR) is 91.6 cm³/mol. The van der Waals surface area contributed by atoms with Gasteiger partial charge in [0.05, 0.1) is 5.02 Å².